The van der Waals surface area contributed by atoms with Crippen LogP contribution in [0.2, 0.25) is 0 Å². The zero-order valence-electron chi connectivity index (χ0n) is 20.2. The third-order valence-corrected chi connectivity index (χ3v) is 7.28. The standard InChI is InChI=1S/C24H35N7O2/c1-14-12-27-20(33-5)11-18(14)15(2)23(32)31-9-8-24(13-31)7-6-17-10-19(21(25)30-26-4)16(3)28-22(17)29-24/h10-12,14-15,18,26H,6-9,13H2,1-5H3,(H2,25,30)(H,28,29)/t14?,15-,18?,24-/m0/s1. The van der Waals surface area contributed by atoms with Crippen LogP contribution in [-0.2, 0) is 16.0 Å². The molecular weight excluding hydrogens is 418 g/mol. The van der Waals surface area contributed by atoms with E-state index >= 15 is 0 Å². The second kappa shape index (κ2) is 9.03. The molecular formula is C24H35N7O2. The molecule has 4 N–H and O–H groups in total. The molecule has 0 bridgehead atoms. The highest BCUT2D eigenvalue weighted by atomic mass is 16.5. The molecule has 3 aliphatic rings. The van der Waals surface area contributed by atoms with Gasteiger partial charge in [0.15, 0.2) is 5.84 Å². The summed E-state index contributed by atoms with van der Waals surface area (Å²) in [4.78, 5) is 24.5. The fourth-order valence-corrected chi connectivity index (χ4v) is 5.26. The first-order chi connectivity index (χ1) is 15.8. The predicted octanol–water partition coefficient (Wildman–Crippen LogP) is 2.02. The van der Waals surface area contributed by atoms with Crippen LogP contribution in [0.1, 0.15) is 43.5 Å². The Bertz CT molecular complexity index is 1020. The molecule has 1 saturated heterocycles. The summed E-state index contributed by atoms with van der Waals surface area (Å²) in [5.41, 5.74) is 11.5. The summed E-state index contributed by atoms with van der Waals surface area (Å²) in [5, 5.41) is 7.78. The quantitative estimate of drug-likeness (QED) is 0.357. The number of hydrogen-bond donors (Lipinski definition) is 3. The van der Waals surface area contributed by atoms with E-state index in [-0.39, 0.29) is 29.2 Å². The Morgan fingerprint density at radius 3 is 2.97 bits per heavy atom. The fourth-order valence-electron chi connectivity index (χ4n) is 5.26. The SMILES string of the molecule is CN/N=C(\N)c1cc2c(nc1C)N[C@@]1(CC2)CCN(C(=O)[C@@H](C)C2C=C(OC)N=CC2C)C1. The van der Waals surface area contributed by atoms with Crippen LogP contribution in [0.5, 0.6) is 0 Å². The van der Waals surface area contributed by atoms with Gasteiger partial charge < -0.3 is 26.1 Å². The molecule has 1 amide bonds. The minimum atomic E-state index is -0.139. The van der Waals surface area contributed by atoms with Crippen molar-refractivity contribution in [1.82, 2.24) is 15.3 Å². The van der Waals surface area contributed by atoms with E-state index in [2.05, 4.69) is 33.8 Å². The van der Waals surface area contributed by atoms with Gasteiger partial charge in [-0.25, -0.2) is 9.98 Å². The van der Waals surface area contributed by atoms with Gasteiger partial charge in [-0.05, 0) is 49.8 Å². The van der Waals surface area contributed by atoms with E-state index in [4.69, 9.17) is 15.5 Å². The number of pyridine rings is 1. The highest BCUT2D eigenvalue weighted by Gasteiger charge is 2.44. The molecule has 1 aromatic rings. The number of nitrogens with zero attached hydrogens (tertiary/aromatic N) is 4. The van der Waals surface area contributed by atoms with Crippen LogP contribution in [-0.4, -0.2) is 60.6 Å². The summed E-state index contributed by atoms with van der Waals surface area (Å²) in [7, 11) is 3.34. The Balaban J connectivity index is 1.47. The number of amides is 1. The maximum Gasteiger partial charge on any atom is 0.226 e. The van der Waals surface area contributed by atoms with Crippen molar-refractivity contribution >= 4 is 23.8 Å². The first kappa shape index (κ1) is 23.1. The number of aromatic nitrogens is 1. The van der Waals surface area contributed by atoms with Crippen LogP contribution in [0.3, 0.4) is 0 Å². The Kier molecular flexibility index (Phi) is 6.32. The normalized spacial score (nSPS) is 27.6. The lowest BCUT2D eigenvalue weighted by Gasteiger charge is -2.37. The zero-order valence-corrected chi connectivity index (χ0v) is 20.2. The van der Waals surface area contributed by atoms with Crippen molar-refractivity contribution < 1.29 is 9.53 Å². The van der Waals surface area contributed by atoms with E-state index in [0.717, 1.165) is 48.4 Å². The maximum atomic E-state index is 13.4. The number of aryl methyl sites for hydroxylation is 2. The smallest absolute Gasteiger partial charge is 0.226 e. The average molecular weight is 454 g/mol. The number of anilines is 1. The topological polar surface area (TPSA) is 117 Å². The molecule has 4 rings (SSSR count). The minimum Gasteiger partial charge on any atom is -0.481 e. The third kappa shape index (κ3) is 4.41. The van der Waals surface area contributed by atoms with Gasteiger partial charge in [0.2, 0.25) is 11.8 Å². The maximum absolute atomic E-state index is 13.4. The number of nitrogens with one attached hydrogen (secondary N) is 2. The van der Waals surface area contributed by atoms with Crippen molar-refractivity contribution in [3.63, 3.8) is 0 Å². The number of methoxy groups -OCH3 is 1. The monoisotopic (exact) mass is 453 g/mol. The molecule has 0 aromatic carbocycles. The molecule has 33 heavy (non-hydrogen) atoms. The average Bonchev–Trinajstić information content (AvgIpc) is 3.21. The first-order valence-electron chi connectivity index (χ1n) is 11.6. The Labute approximate surface area is 195 Å². The van der Waals surface area contributed by atoms with Crippen LogP contribution in [0.4, 0.5) is 5.82 Å². The van der Waals surface area contributed by atoms with Crippen molar-refractivity contribution in [2.75, 3.05) is 32.6 Å². The fraction of sp³-hybridized carbons (Fsp3) is 0.583. The van der Waals surface area contributed by atoms with Gasteiger partial charge in [-0.1, -0.05) is 13.8 Å². The van der Waals surface area contributed by atoms with Crippen molar-refractivity contribution in [3.05, 3.63) is 34.8 Å². The summed E-state index contributed by atoms with van der Waals surface area (Å²) >= 11 is 0. The molecule has 2 unspecified atom stereocenters. The molecule has 9 nitrogen and oxygen atoms in total. The minimum absolute atomic E-state index is 0.0778. The molecule has 1 fully saturated rings. The molecule has 0 radical (unpaired) electrons. The summed E-state index contributed by atoms with van der Waals surface area (Å²) in [6, 6.07) is 2.08. The lowest BCUT2D eigenvalue weighted by molar-refractivity contribution is -0.135. The second-order valence-electron chi connectivity index (χ2n) is 9.48. The summed E-state index contributed by atoms with van der Waals surface area (Å²) in [5.74, 6) is 2.24. The van der Waals surface area contributed by atoms with Gasteiger partial charge >= 0.3 is 0 Å². The second-order valence-corrected chi connectivity index (χ2v) is 9.48. The van der Waals surface area contributed by atoms with E-state index in [1.807, 2.05) is 31.0 Å². The lowest BCUT2D eigenvalue weighted by Crippen LogP contribution is -2.47. The molecule has 4 heterocycles. The number of amidine groups is 1. The summed E-state index contributed by atoms with van der Waals surface area (Å²) in [6.07, 6.45) is 6.63. The molecule has 9 heteroatoms. The van der Waals surface area contributed by atoms with Gasteiger partial charge in [0, 0.05) is 43.8 Å². The predicted molar refractivity (Wildman–Crippen MR) is 130 cm³/mol. The van der Waals surface area contributed by atoms with E-state index in [9.17, 15) is 4.79 Å². The van der Waals surface area contributed by atoms with Gasteiger partial charge in [-0.2, -0.15) is 5.10 Å². The Hall–Kier alpha value is -3.10. The van der Waals surface area contributed by atoms with Gasteiger partial charge in [-0.3, -0.25) is 4.79 Å². The zero-order chi connectivity index (χ0) is 23.8. The molecule has 178 valence electrons. The number of carbonyl (C=O) groups is 1. The molecule has 3 aliphatic heterocycles. The molecule has 0 saturated carbocycles. The number of hydrogen-bond acceptors (Lipinski definition) is 7. The van der Waals surface area contributed by atoms with Gasteiger partial charge in [0.1, 0.15) is 5.82 Å². The van der Waals surface area contributed by atoms with Crippen LogP contribution < -0.4 is 16.5 Å². The highest BCUT2D eigenvalue weighted by molar-refractivity contribution is 5.98. The number of fused-ring (bicyclic) bond motifs is 1. The number of ether oxygens (including phenoxy) is 1. The van der Waals surface area contributed by atoms with Crippen LogP contribution in [0.15, 0.2) is 28.1 Å². The number of allylic oxidation sites excluding steroid dienone is 1. The summed E-state index contributed by atoms with van der Waals surface area (Å²) in [6.45, 7) is 7.50. The van der Waals surface area contributed by atoms with E-state index in [0.29, 0.717) is 18.3 Å². The molecule has 1 spiro atoms. The largest absolute Gasteiger partial charge is 0.481 e. The number of rotatable bonds is 5. The van der Waals surface area contributed by atoms with Crippen LogP contribution in [0.25, 0.3) is 0 Å². The van der Waals surface area contributed by atoms with E-state index in [1.54, 1.807) is 14.2 Å². The number of carbonyl (C=O) groups excluding carboxylic acids is 1. The molecule has 4 atom stereocenters. The van der Waals surface area contributed by atoms with Crippen molar-refractivity contribution in [1.29, 1.82) is 0 Å². The van der Waals surface area contributed by atoms with Crippen LogP contribution >= 0.6 is 0 Å². The van der Waals surface area contributed by atoms with Gasteiger partial charge in [0.25, 0.3) is 0 Å². The number of likely N-dealkylation sites (tertiary alicyclic amines) is 1. The Morgan fingerprint density at radius 1 is 1.45 bits per heavy atom. The number of nitrogens with two attached hydrogens (primary N) is 1. The van der Waals surface area contributed by atoms with Gasteiger partial charge in [-0.15, -0.1) is 0 Å². The van der Waals surface area contributed by atoms with Crippen LogP contribution in [0, 0.1) is 24.7 Å². The third-order valence-electron chi connectivity index (χ3n) is 7.28. The number of hydrazone groups is 1. The highest BCUT2D eigenvalue weighted by Crippen LogP contribution is 2.38. The van der Waals surface area contributed by atoms with Crippen molar-refractivity contribution in [2.45, 2.75) is 45.6 Å². The Morgan fingerprint density at radius 2 is 2.24 bits per heavy atom. The first-order valence-corrected chi connectivity index (χ1v) is 11.6. The van der Waals surface area contributed by atoms with Gasteiger partial charge in [0.05, 0.1) is 18.3 Å². The van der Waals surface area contributed by atoms with E-state index < -0.39 is 0 Å². The number of aliphatic imine (C=N–C) groups is 1. The molecule has 1 aromatic heterocycles. The van der Waals surface area contributed by atoms with Crippen molar-refractivity contribution in [3.8, 4) is 0 Å². The molecule has 0 aliphatic carbocycles. The van der Waals surface area contributed by atoms with Crippen molar-refractivity contribution in [2.24, 2.45) is 33.6 Å². The summed E-state index contributed by atoms with van der Waals surface area (Å²) < 4.78 is 5.30. The lowest BCUT2D eigenvalue weighted by atomic mass is 9.82. The van der Waals surface area contributed by atoms with E-state index in [1.165, 1.54) is 0 Å².